The van der Waals surface area contributed by atoms with E-state index in [9.17, 15) is 0 Å². The molecule has 0 saturated carbocycles. The van der Waals surface area contributed by atoms with Crippen molar-refractivity contribution in [2.24, 2.45) is 11.3 Å². The van der Waals surface area contributed by atoms with Crippen molar-refractivity contribution in [1.82, 2.24) is 10.2 Å². The molecule has 1 heterocycles. The lowest BCUT2D eigenvalue weighted by molar-refractivity contribution is 0.112. The van der Waals surface area contributed by atoms with Crippen LogP contribution in [-0.2, 0) is 0 Å². The van der Waals surface area contributed by atoms with E-state index in [0.29, 0.717) is 5.41 Å². The quantitative estimate of drug-likeness (QED) is 0.720. The number of piperidine rings is 1. The molecule has 1 rings (SSSR count). The van der Waals surface area contributed by atoms with E-state index < -0.39 is 0 Å². The van der Waals surface area contributed by atoms with Gasteiger partial charge in [0, 0.05) is 0 Å². The van der Waals surface area contributed by atoms with Gasteiger partial charge in [0.25, 0.3) is 0 Å². The van der Waals surface area contributed by atoms with Gasteiger partial charge in [-0.15, -0.1) is 0 Å². The summed E-state index contributed by atoms with van der Waals surface area (Å²) in [5.74, 6) is 0.929. The summed E-state index contributed by atoms with van der Waals surface area (Å²) in [6.07, 6.45) is 4.07. The normalized spacial score (nSPS) is 20.8. The van der Waals surface area contributed by atoms with Gasteiger partial charge < -0.3 is 10.2 Å². The lowest BCUT2D eigenvalue weighted by atomic mass is 9.75. The molecule has 0 aromatic rings. The molecule has 0 spiro atoms. The number of likely N-dealkylation sites (tertiary alicyclic amines) is 1. The first-order valence-electron chi connectivity index (χ1n) is 6.41. The fourth-order valence-electron chi connectivity index (χ4n) is 2.50. The molecule has 2 nitrogen and oxygen atoms in total. The highest BCUT2D eigenvalue weighted by Gasteiger charge is 2.28. The van der Waals surface area contributed by atoms with Gasteiger partial charge in [-0.05, 0) is 63.8 Å². The average molecular weight is 212 g/mol. The molecule has 0 amide bonds. The largest absolute Gasteiger partial charge is 0.320 e. The van der Waals surface area contributed by atoms with Gasteiger partial charge in [0.15, 0.2) is 0 Å². The topological polar surface area (TPSA) is 15.3 Å². The third-order valence-electron chi connectivity index (χ3n) is 3.71. The maximum atomic E-state index is 3.21. The lowest BCUT2D eigenvalue weighted by Crippen LogP contribution is -2.38. The zero-order valence-electron chi connectivity index (χ0n) is 11.0. The van der Waals surface area contributed by atoms with Crippen molar-refractivity contribution in [3.8, 4) is 0 Å². The van der Waals surface area contributed by atoms with Gasteiger partial charge in [0.1, 0.15) is 0 Å². The van der Waals surface area contributed by atoms with Gasteiger partial charge >= 0.3 is 0 Å². The average Bonchev–Trinajstić information content (AvgIpc) is 2.18. The van der Waals surface area contributed by atoms with Gasteiger partial charge in [-0.3, -0.25) is 0 Å². The van der Waals surface area contributed by atoms with Gasteiger partial charge in [0.2, 0.25) is 0 Å². The van der Waals surface area contributed by atoms with E-state index in [2.05, 4.69) is 31.0 Å². The SMILES string of the molecule is CNCCCN1CCC(C(C)(C)C)CC1. The molecule has 15 heavy (non-hydrogen) atoms. The first-order valence-corrected chi connectivity index (χ1v) is 6.41. The third kappa shape index (κ3) is 4.52. The molecule has 2 heteroatoms. The Morgan fingerprint density at radius 3 is 2.27 bits per heavy atom. The second kappa shape index (κ2) is 5.86. The summed E-state index contributed by atoms with van der Waals surface area (Å²) in [5.41, 5.74) is 0.511. The van der Waals surface area contributed by atoms with Crippen LogP contribution >= 0.6 is 0 Å². The van der Waals surface area contributed by atoms with Crippen LogP contribution in [0.3, 0.4) is 0 Å². The molecule has 1 fully saturated rings. The van der Waals surface area contributed by atoms with Crippen molar-refractivity contribution in [3.63, 3.8) is 0 Å². The number of rotatable bonds is 4. The van der Waals surface area contributed by atoms with Gasteiger partial charge in [-0.25, -0.2) is 0 Å². The Morgan fingerprint density at radius 2 is 1.80 bits per heavy atom. The highest BCUT2D eigenvalue weighted by Crippen LogP contribution is 2.34. The maximum Gasteiger partial charge on any atom is -0.000664 e. The van der Waals surface area contributed by atoms with E-state index in [0.717, 1.165) is 12.5 Å². The van der Waals surface area contributed by atoms with E-state index in [1.54, 1.807) is 0 Å². The molecule has 0 unspecified atom stereocenters. The predicted molar refractivity (Wildman–Crippen MR) is 67.2 cm³/mol. The molecule has 0 atom stereocenters. The summed E-state index contributed by atoms with van der Waals surface area (Å²) < 4.78 is 0. The Labute approximate surface area is 95.4 Å². The van der Waals surface area contributed by atoms with Crippen LogP contribution in [0.2, 0.25) is 0 Å². The van der Waals surface area contributed by atoms with Crippen molar-refractivity contribution in [2.75, 3.05) is 33.2 Å². The fraction of sp³-hybridized carbons (Fsp3) is 1.00. The molecular formula is C13H28N2. The van der Waals surface area contributed by atoms with Crippen molar-refractivity contribution in [3.05, 3.63) is 0 Å². The molecule has 1 N–H and O–H groups in total. The van der Waals surface area contributed by atoms with E-state index >= 15 is 0 Å². The van der Waals surface area contributed by atoms with Crippen LogP contribution in [-0.4, -0.2) is 38.1 Å². The third-order valence-corrected chi connectivity index (χ3v) is 3.71. The maximum absolute atomic E-state index is 3.21. The molecule has 0 aromatic carbocycles. The Balaban J connectivity index is 2.18. The first-order chi connectivity index (χ1) is 7.04. The number of hydrogen-bond donors (Lipinski definition) is 1. The van der Waals surface area contributed by atoms with Crippen LogP contribution in [0.4, 0.5) is 0 Å². The highest BCUT2D eigenvalue weighted by molar-refractivity contribution is 4.80. The van der Waals surface area contributed by atoms with Crippen LogP contribution in [0, 0.1) is 11.3 Å². The van der Waals surface area contributed by atoms with Crippen molar-refractivity contribution in [2.45, 2.75) is 40.0 Å². The van der Waals surface area contributed by atoms with E-state index in [1.807, 2.05) is 7.05 Å². The van der Waals surface area contributed by atoms with Crippen LogP contribution in [0.15, 0.2) is 0 Å². The van der Waals surface area contributed by atoms with Crippen LogP contribution in [0.1, 0.15) is 40.0 Å². The monoisotopic (exact) mass is 212 g/mol. The summed E-state index contributed by atoms with van der Waals surface area (Å²) in [7, 11) is 2.03. The standard InChI is InChI=1S/C13H28N2/c1-13(2,3)12-6-10-15(11-7-12)9-5-8-14-4/h12,14H,5-11H2,1-4H3. The minimum absolute atomic E-state index is 0.511. The minimum Gasteiger partial charge on any atom is -0.320 e. The predicted octanol–water partition coefficient (Wildman–Crippen LogP) is 2.35. The summed E-state index contributed by atoms with van der Waals surface area (Å²) in [4.78, 5) is 2.62. The highest BCUT2D eigenvalue weighted by atomic mass is 15.1. The van der Waals surface area contributed by atoms with Crippen molar-refractivity contribution >= 4 is 0 Å². The second-order valence-corrected chi connectivity index (χ2v) is 5.94. The van der Waals surface area contributed by atoms with Crippen LogP contribution < -0.4 is 5.32 Å². The van der Waals surface area contributed by atoms with Gasteiger partial charge in [0.05, 0.1) is 0 Å². The molecular weight excluding hydrogens is 184 g/mol. The second-order valence-electron chi connectivity index (χ2n) is 5.94. The Morgan fingerprint density at radius 1 is 1.20 bits per heavy atom. The van der Waals surface area contributed by atoms with Crippen LogP contribution in [0.25, 0.3) is 0 Å². The number of nitrogens with one attached hydrogen (secondary N) is 1. The summed E-state index contributed by atoms with van der Waals surface area (Å²) in [6.45, 7) is 12.2. The van der Waals surface area contributed by atoms with E-state index in [1.165, 1.54) is 38.9 Å². The Bertz CT molecular complexity index is 164. The molecule has 0 aromatic heterocycles. The molecule has 0 aliphatic carbocycles. The summed E-state index contributed by atoms with van der Waals surface area (Å²) in [5, 5.41) is 3.21. The molecule has 1 aliphatic heterocycles. The molecule has 0 radical (unpaired) electrons. The Kier molecular flexibility index (Phi) is 5.07. The summed E-state index contributed by atoms with van der Waals surface area (Å²) >= 11 is 0. The number of nitrogens with zero attached hydrogens (tertiary/aromatic N) is 1. The first kappa shape index (κ1) is 13.0. The van der Waals surface area contributed by atoms with E-state index in [-0.39, 0.29) is 0 Å². The van der Waals surface area contributed by atoms with Crippen molar-refractivity contribution in [1.29, 1.82) is 0 Å². The van der Waals surface area contributed by atoms with Crippen molar-refractivity contribution < 1.29 is 0 Å². The smallest absolute Gasteiger partial charge is 0.000664 e. The molecule has 0 bridgehead atoms. The lowest BCUT2D eigenvalue weighted by Gasteiger charge is -2.38. The zero-order chi connectivity index (χ0) is 11.3. The fourth-order valence-corrected chi connectivity index (χ4v) is 2.50. The zero-order valence-corrected chi connectivity index (χ0v) is 11.0. The summed E-state index contributed by atoms with van der Waals surface area (Å²) in [6, 6.07) is 0. The van der Waals surface area contributed by atoms with E-state index in [4.69, 9.17) is 0 Å². The Hall–Kier alpha value is -0.0800. The molecule has 1 aliphatic rings. The minimum atomic E-state index is 0.511. The number of hydrogen-bond acceptors (Lipinski definition) is 2. The van der Waals surface area contributed by atoms with Gasteiger partial charge in [-0.1, -0.05) is 20.8 Å². The molecule has 1 saturated heterocycles. The van der Waals surface area contributed by atoms with Gasteiger partial charge in [-0.2, -0.15) is 0 Å². The molecule has 90 valence electrons. The van der Waals surface area contributed by atoms with Crippen LogP contribution in [0.5, 0.6) is 0 Å².